The van der Waals surface area contributed by atoms with Crippen molar-refractivity contribution in [2.24, 2.45) is 0 Å². The Morgan fingerprint density at radius 2 is 1.90 bits per heavy atom. The minimum absolute atomic E-state index is 0.643. The summed E-state index contributed by atoms with van der Waals surface area (Å²) in [6.07, 6.45) is 5.18. The van der Waals surface area contributed by atoms with Gasteiger partial charge in [-0.3, -0.25) is 0 Å². The fourth-order valence-electron chi connectivity index (χ4n) is 0.243. The summed E-state index contributed by atoms with van der Waals surface area (Å²) in [5, 5.41) is 0. The van der Waals surface area contributed by atoms with E-state index in [2.05, 4.69) is 13.2 Å². The second-order valence-corrected chi connectivity index (χ2v) is 1.27. The van der Waals surface area contributed by atoms with Crippen molar-refractivity contribution in [3.8, 4) is 0 Å². The summed E-state index contributed by atoms with van der Waals surface area (Å²) < 4.78 is 4.72. The minimum Gasteiger partial charge on any atom is -0.497 e. The molecule has 0 spiro atoms. The number of methoxy groups -OCH3 is 1. The van der Waals surface area contributed by atoms with Crippen molar-refractivity contribution in [3.05, 3.63) is 37.1 Å². The van der Waals surface area contributed by atoms with Gasteiger partial charge in [0.2, 0.25) is 0 Å². The largest absolute Gasteiger partial charge is 0.497 e. The van der Waals surface area contributed by atoms with Crippen molar-refractivity contribution in [2.75, 3.05) is 7.11 Å². The Morgan fingerprint density at radius 3 is 2.20 bits per heavy atom. The minimum atomic E-state index is 0.643. The predicted octanol–water partition coefficient (Wildman–Crippen LogP) is 2.91. The molecule has 0 bridgehead atoms. The molecule has 1 heteroatoms. The van der Waals surface area contributed by atoms with Gasteiger partial charge in [-0.1, -0.05) is 39.2 Å². The van der Waals surface area contributed by atoms with E-state index >= 15 is 0 Å². The van der Waals surface area contributed by atoms with Crippen LogP contribution in [0.1, 0.15) is 13.8 Å². The van der Waals surface area contributed by atoms with E-state index in [0.717, 1.165) is 0 Å². The zero-order valence-corrected chi connectivity index (χ0v) is 7.05. The molecule has 1 nitrogen and oxygen atoms in total. The third-order valence-corrected chi connectivity index (χ3v) is 0.680. The molecule has 0 radical (unpaired) electrons. The lowest BCUT2D eigenvalue weighted by Gasteiger charge is -1.92. The first-order valence-corrected chi connectivity index (χ1v) is 3.33. The summed E-state index contributed by atoms with van der Waals surface area (Å²) >= 11 is 0. The second-order valence-electron chi connectivity index (χ2n) is 1.27. The predicted molar refractivity (Wildman–Crippen MR) is 46.8 cm³/mol. The van der Waals surface area contributed by atoms with E-state index < -0.39 is 0 Å². The van der Waals surface area contributed by atoms with Crippen molar-refractivity contribution in [3.63, 3.8) is 0 Å². The standard InChI is InChI=1S/C7H10O.C2H6/c1-4-5-6-7(2)8-3;1-2/h4-6H,1-2H2,3H3;1-2H3/b6-5-;. The lowest BCUT2D eigenvalue weighted by molar-refractivity contribution is 0.309. The second kappa shape index (κ2) is 10.9. The molecule has 0 saturated carbocycles. The van der Waals surface area contributed by atoms with Gasteiger partial charge >= 0.3 is 0 Å². The van der Waals surface area contributed by atoms with Crippen molar-refractivity contribution in [2.45, 2.75) is 13.8 Å². The van der Waals surface area contributed by atoms with Gasteiger partial charge in [0.05, 0.1) is 7.11 Å². The van der Waals surface area contributed by atoms with Crippen LogP contribution in [-0.4, -0.2) is 7.11 Å². The van der Waals surface area contributed by atoms with Crippen LogP contribution in [0, 0.1) is 0 Å². The number of ether oxygens (including phenoxy) is 1. The van der Waals surface area contributed by atoms with Crippen LogP contribution in [0.5, 0.6) is 0 Å². The molecule has 10 heavy (non-hydrogen) atoms. The van der Waals surface area contributed by atoms with Gasteiger partial charge in [0.25, 0.3) is 0 Å². The molecule has 0 aromatic heterocycles. The van der Waals surface area contributed by atoms with Gasteiger partial charge in [0.15, 0.2) is 0 Å². The van der Waals surface area contributed by atoms with Crippen LogP contribution in [0.4, 0.5) is 0 Å². The van der Waals surface area contributed by atoms with Gasteiger partial charge in [-0.2, -0.15) is 0 Å². The van der Waals surface area contributed by atoms with Gasteiger partial charge in [0.1, 0.15) is 5.76 Å². The normalized spacial score (nSPS) is 7.90. The zero-order chi connectivity index (χ0) is 8.41. The Morgan fingerprint density at radius 1 is 1.40 bits per heavy atom. The maximum absolute atomic E-state index is 4.72. The van der Waals surface area contributed by atoms with Gasteiger partial charge in [-0.25, -0.2) is 0 Å². The average Bonchev–Trinajstić information content (AvgIpc) is 2.04. The Hall–Kier alpha value is -0.980. The van der Waals surface area contributed by atoms with Crippen LogP contribution in [0.3, 0.4) is 0 Å². The molecule has 0 unspecified atom stereocenters. The summed E-state index contributed by atoms with van der Waals surface area (Å²) in [4.78, 5) is 0. The van der Waals surface area contributed by atoms with E-state index in [1.165, 1.54) is 0 Å². The average molecular weight is 140 g/mol. The highest BCUT2D eigenvalue weighted by molar-refractivity contribution is 5.12. The molecule has 58 valence electrons. The maximum Gasteiger partial charge on any atom is 0.111 e. The Bertz CT molecular complexity index is 112. The molecule has 0 aromatic carbocycles. The highest BCUT2D eigenvalue weighted by Crippen LogP contribution is 1.90. The summed E-state index contributed by atoms with van der Waals surface area (Å²) in [7, 11) is 1.58. The Labute approximate surface area is 63.7 Å². The number of hydrogen-bond acceptors (Lipinski definition) is 1. The molecule has 0 aliphatic rings. The highest BCUT2D eigenvalue weighted by atomic mass is 16.5. The fraction of sp³-hybridized carbons (Fsp3) is 0.333. The van der Waals surface area contributed by atoms with E-state index in [-0.39, 0.29) is 0 Å². The monoisotopic (exact) mass is 140 g/mol. The highest BCUT2D eigenvalue weighted by Gasteiger charge is 1.75. The van der Waals surface area contributed by atoms with Gasteiger partial charge < -0.3 is 4.74 Å². The molecular formula is C9H16O. The molecule has 0 saturated heterocycles. The lowest BCUT2D eigenvalue weighted by Crippen LogP contribution is -1.74. The molecule has 0 amide bonds. The Kier molecular flexibility index (Phi) is 12.8. The number of allylic oxidation sites excluding steroid dienone is 3. The van der Waals surface area contributed by atoms with Gasteiger partial charge in [-0.15, -0.1) is 0 Å². The SMILES string of the molecule is C=C/C=C\C(=C)OC.CC. The molecule has 0 fully saturated rings. The van der Waals surface area contributed by atoms with Crippen molar-refractivity contribution in [1.29, 1.82) is 0 Å². The van der Waals surface area contributed by atoms with Crippen molar-refractivity contribution < 1.29 is 4.74 Å². The van der Waals surface area contributed by atoms with Crippen LogP contribution in [0.2, 0.25) is 0 Å². The smallest absolute Gasteiger partial charge is 0.111 e. The first kappa shape index (κ1) is 11.8. The maximum atomic E-state index is 4.72. The van der Waals surface area contributed by atoms with E-state index in [4.69, 9.17) is 4.74 Å². The van der Waals surface area contributed by atoms with Crippen molar-refractivity contribution in [1.82, 2.24) is 0 Å². The van der Waals surface area contributed by atoms with E-state index in [1.807, 2.05) is 13.8 Å². The quantitative estimate of drug-likeness (QED) is 0.432. The molecule has 0 aromatic rings. The van der Waals surface area contributed by atoms with Crippen LogP contribution in [-0.2, 0) is 4.74 Å². The lowest BCUT2D eigenvalue weighted by atomic mass is 10.4. The summed E-state index contributed by atoms with van der Waals surface area (Å²) in [6, 6.07) is 0. The third kappa shape index (κ3) is 10.1. The van der Waals surface area contributed by atoms with Crippen LogP contribution < -0.4 is 0 Å². The molecular weight excluding hydrogens is 124 g/mol. The van der Waals surface area contributed by atoms with Crippen LogP contribution in [0.15, 0.2) is 37.1 Å². The van der Waals surface area contributed by atoms with Crippen LogP contribution in [0.25, 0.3) is 0 Å². The first-order chi connectivity index (χ1) is 4.81. The molecule has 0 atom stereocenters. The molecule has 0 N–H and O–H groups in total. The summed E-state index contributed by atoms with van der Waals surface area (Å²) in [6.45, 7) is 11.0. The Balaban J connectivity index is 0. The molecule has 0 aliphatic heterocycles. The first-order valence-electron chi connectivity index (χ1n) is 3.33. The zero-order valence-electron chi connectivity index (χ0n) is 7.05. The molecule has 0 rings (SSSR count). The number of rotatable bonds is 3. The third-order valence-electron chi connectivity index (χ3n) is 0.680. The fourth-order valence-corrected chi connectivity index (χ4v) is 0.243. The summed E-state index contributed by atoms with van der Waals surface area (Å²) in [5.74, 6) is 0.643. The van der Waals surface area contributed by atoms with E-state index in [0.29, 0.717) is 5.76 Å². The van der Waals surface area contributed by atoms with E-state index in [1.54, 1.807) is 25.3 Å². The van der Waals surface area contributed by atoms with Gasteiger partial charge in [0, 0.05) is 0 Å². The summed E-state index contributed by atoms with van der Waals surface area (Å²) in [5.41, 5.74) is 0. The van der Waals surface area contributed by atoms with E-state index in [9.17, 15) is 0 Å². The topological polar surface area (TPSA) is 9.23 Å². The molecule has 0 aliphatic carbocycles. The number of hydrogen-bond donors (Lipinski definition) is 0. The van der Waals surface area contributed by atoms with Crippen molar-refractivity contribution >= 4 is 0 Å². The van der Waals surface area contributed by atoms with Gasteiger partial charge in [-0.05, 0) is 6.08 Å². The van der Waals surface area contributed by atoms with Crippen LogP contribution >= 0.6 is 0 Å². The molecule has 0 heterocycles.